The van der Waals surface area contributed by atoms with E-state index >= 15 is 0 Å². The summed E-state index contributed by atoms with van der Waals surface area (Å²) in [5.74, 6) is 1.98. The second-order valence-corrected chi connectivity index (χ2v) is 9.67. The summed E-state index contributed by atoms with van der Waals surface area (Å²) in [7, 11) is 3.53. The van der Waals surface area contributed by atoms with Crippen LogP contribution in [0.15, 0.2) is 69.8 Å². The largest absolute Gasteiger partial charge is 0.117 e. The van der Waals surface area contributed by atoms with Crippen LogP contribution in [-0.4, -0.2) is 0 Å². The van der Waals surface area contributed by atoms with Crippen LogP contribution < -0.4 is 0 Å². The Hall–Kier alpha value is -0.590. The van der Waals surface area contributed by atoms with Gasteiger partial charge in [0.05, 0.1) is 9.10 Å². The average molecular weight is 379 g/mol. The van der Waals surface area contributed by atoms with Gasteiger partial charge in [-0.1, -0.05) is 93.6 Å². The molecule has 5 heteroatoms. The summed E-state index contributed by atoms with van der Waals surface area (Å²) in [5.41, 5.74) is 2.70. The van der Waals surface area contributed by atoms with Crippen LogP contribution in [0.25, 0.3) is 0 Å². The van der Waals surface area contributed by atoms with Crippen molar-refractivity contribution in [3.05, 3.63) is 75.6 Å². The molecule has 0 nitrogen and oxygen atoms in total. The zero-order valence-corrected chi connectivity index (χ0v) is 15.8. The van der Waals surface area contributed by atoms with E-state index in [9.17, 15) is 0 Å². The molecular weight excluding hydrogens is 365 g/mol. The monoisotopic (exact) mass is 378 g/mol. The first-order valence-corrected chi connectivity index (χ1v) is 11.3. The van der Waals surface area contributed by atoms with Crippen molar-refractivity contribution in [2.45, 2.75) is 20.6 Å². The van der Waals surface area contributed by atoms with Gasteiger partial charge in [-0.05, 0) is 11.1 Å². The van der Waals surface area contributed by atoms with E-state index in [0.717, 1.165) is 15.3 Å². The molecule has 0 atom stereocenters. The van der Waals surface area contributed by atoms with Gasteiger partial charge >= 0.3 is 0 Å². The average Bonchev–Trinajstić information content (AvgIpc) is 2.93. The highest BCUT2D eigenvalue weighted by Gasteiger charge is 2.10. The molecule has 22 heavy (non-hydrogen) atoms. The molecule has 0 radical (unpaired) electrons. The molecule has 0 aliphatic rings. The highest BCUT2D eigenvalue weighted by molar-refractivity contribution is 8.04. The van der Waals surface area contributed by atoms with Crippen LogP contribution in [0.5, 0.6) is 0 Å². The van der Waals surface area contributed by atoms with Gasteiger partial charge in [0.1, 0.15) is 3.82 Å². The van der Waals surface area contributed by atoms with Gasteiger partial charge in [0.15, 0.2) is 0 Å². The van der Waals surface area contributed by atoms with Crippen molar-refractivity contribution in [3.8, 4) is 0 Å². The quantitative estimate of drug-likeness (QED) is 0.254. The molecule has 3 rings (SSSR count). The molecule has 0 unspecified atom stereocenters. The molecule has 0 saturated heterocycles. The molecular formula is C17H14S5. The van der Waals surface area contributed by atoms with Crippen molar-refractivity contribution in [1.29, 1.82) is 0 Å². The molecule has 0 aliphatic carbocycles. The molecule has 0 spiro atoms. The van der Waals surface area contributed by atoms with Crippen LogP contribution in [0.3, 0.4) is 0 Å². The second-order valence-electron chi connectivity index (χ2n) is 4.62. The Morgan fingerprint density at radius 1 is 0.727 bits per heavy atom. The van der Waals surface area contributed by atoms with Gasteiger partial charge in [0.25, 0.3) is 0 Å². The van der Waals surface area contributed by atoms with E-state index in [4.69, 9.17) is 12.2 Å². The molecule has 1 heterocycles. The molecule has 0 saturated carbocycles. The normalized spacial score (nSPS) is 10.7. The lowest BCUT2D eigenvalue weighted by Gasteiger charge is -2.04. The van der Waals surface area contributed by atoms with Gasteiger partial charge in [0, 0.05) is 11.5 Å². The number of rotatable bonds is 6. The van der Waals surface area contributed by atoms with Crippen LogP contribution >= 0.6 is 56.4 Å². The molecule has 3 aromatic rings. The first-order chi connectivity index (χ1) is 10.8. The maximum absolute atomic E-state index is 5.51. The standard InChI is InChI=1S/C17H14S5/c18-16-15(19-11-13-7-3-1-4-8-13)17(22-21-16)20-12-14-9-5-2-6-10-14/h1-10H,11-12H2. The predicted octanol–water partition coefficient (Wildman–Crippen LogP) is 7.12. The van der Waals surface area contributed by atoms with E-state index in [-0.39, 0.29) is 0 Å². The zero-order chi connectivity index (χ0) is 15.2. The van der Waals surface area contributed by atoms with E-state index < -0.39 is 0 Å². The summed E-state index contributed by atoms with van der Waals surface area (Å²) in [6, 6.07) is 21.2. The van der Waals surface area contributed by atoms with Crippen molar-refractivity contribution >= 4 is 56.4 Å². The minimum atomic E-state index is 0.979. The first-order valence-electron chi connectivity index (χ1n) is 6.79. The van der Waals surface area contributed by atoms with Gasteiger partial charge in [-0.15, -0.1) is 23.5 Å². The lowest BCUT2D eigenvalue weighted by molar-refractivity contribution is 1.33. The molecule has 2 aromatic carbocycles. The molecule has 0 amide bonds. The van der Waals surface area contributed by atoms with Crippen LogP contribution in [0.2, 0.25) is 0 Å². The summed E-state index contributed by atoms with van der Waals surface area (Å²) in [6.07, 6.45) is 0. The maximum Gasteiger partial charge on any atom is 0.116 e. The van der Waals surface area contributed by atoms with Gasteiger partial charge in [-0.2, -0.15) is 0 Å². The van der Waals surface area contributed by atoms with Crippen molar-refractivity contribution in [3.63, 3.8) is 0 Å². The van der Waals surface area contributed by atoms with E-state index in [1.807, 2.05) is 33.9 Å². The molecule has 0 aliphatic heterocycles. The van der Waals surface area contributed by atoms with E-state index in [0.29, 0.717) is 0 Å². The zero-order valence-electron chi connectivity index (χ0n) is 11.7. The molecule has 112 valence electrons. The third-order valence-electron chi connectivity index (χ3n) is 3.00. The van der Waals surface area contributed by atoms with Crippen molar-refractivity contribution in [2.75, 3.05) is 0 Å². The van der Waals surface area contributed by atoms with E-state index in [1.165, 1.54) is 20.2 Å². The van der Waals surface area contributed by atoms with Gasteiger partial charge in [-0.3, -0.25) is 0 Å². The minimum absolute atomic E-state index is 0.979. The number of hydrogen-bond acceptors (Lipinski definition) is 5. The lowest BCUT2D eigenvalue weighted by Crippen LogP contribution is -1.81. The fraction of sp³-hybridized carbons (Fsp3) is 0.118. The first kappa shape index (κ1) is 16.3. The third-order valence-corrected chi connectivity index (χ3v) is 9.37. The Morgan fingerprint density at radius 2 is 1.27 bits per heavy atom. The number of hydrogen-bond donors (Lipinski definition) is 0. The highest BCUT2D eigenvalue weighted by atomic mass is 32.9. The number of thioether (sulfide) groups is 2. The lowest BCUT2D eigenvalue weighted by atomic mass is 10.2. The van der Waals surface area contributed by atoms with Gasteiger partial charge in [0.2, 0.25) is 0 Å². The van der Waals surface area contributed by atoms with E-state index in [2.05, 4.69) is 60.7 Å². The second kappa shape index (κ2) is 8.31. The topological polar surface area (TPSA) is 0 Å². The van der Waals surface area contributed by atoms with E-state index in [1.54, 1.807) is 10.3 Å². The fourth-order valence-electron chi connectivity index (χ4n) is 1.90. The van der Waals surface area contributed by atoms with Crippen molar-refractivity contribution < 1.29 is 0 Å². The summed E-state index contributed by atoms with van der Waals surface area (Å²) in [6.45, 7) is 0. The Balaban J connectivity index is 1.67. The SMILES string of the molecule is S=c1ssc(SCc2ccccc2)c1SCc1ccccc1. The molecule has 0 fully saturated rings. The van der Waals surface area contributed by atoms with Gasteiger partial charge in [-0.25, -0.2) is 0 Å². The molecule has 0 N–H and O–H groups in total. The Labute approximate surface area is 152 Å². The predicted molar refractivity (Wildman–Crippen MR) is 105 cm³/mol. The van der Waals surface area contributed by atoms with Crippen molar-refractivity contribution in [2.24, 2.45) is 0 Å². The summed E-state index contributed by atoms with van der Waals surface area (Å²) < 4.78 is 2.39. The van der Waals surface area contributed by atoms with Crippen molar-refractivity contribution in [1.82, 2.24) is 0 Å². The Kier molecular flexibility index (Phi) is 6.15. The van der Waals surface area contributed by atoms with Crippen LogP contribution in [0.1, 0.15) is 11.1 Å². The van der Waals surface area contributed by atoms with Gasteiger partial charge < -0.3 is 0 Å². The Bertz CT molecular complexity index is 759. The smallest absolute Gasteiger partial charge is 0.116 e. The van der Waals surface area contributed by atoms with Crippen LogP contribution in [0, 0.1) is 3.82 Å². The maximum atomic E-state index is 5.51. The molecule has 1 aromatic heterocycles. The Morgan fingerprint density at radius 3 is 1.86 bits per heavy atom. The van der Waals surface area contributed by atoms with Crippen LogP contribution in [-0.2, 0) is 11.5 Å². The minimum Gasteiger partial charge on any atom is -0.117 e. The fourth-order valence-corrected chi connectivity index (χ4v) is 8.04. The summed E-state index contributed by atoms with van der Waals surface area (Å²) in [4.78, 5) is 1.29. The summed E-state index contributed by atoms with van der Waals surface area (Å²) >= 11 is 9.28. The number of benzene rings is 2. The highest BCUT2D eigenvalue weighted by Crippen LogP contribution is 2.42. The summed E-state index contributed by atoms with van der Waals surface area (Å²) in [5, 5.41) is 0. The van der Waals surface area contributed by atoms with Crippen LogP contribution in [0.4, 0.5) is 0 Å². The third kappa shape index (κ3) is 4.46. The molecule has 0 bridgehead atoms.